The lowest BCUT2D eigenvalue weighted by Gasteiger charge is -2.30. The molecule has 1 heterocycles. The van der Waals surface area contributed by atoms with Crippen LogP contribution in [0.2, 0.25) is 0 Å². The Labute approximate surface area is 174 Å². The highest BCUT2D eigenvalue weighted by atomic mass is 32.2. The Morgan fingerprint density at radius 3 is 2.30 bits per heavy atom. The number of nitrogens with one attached hydrogen (secondary N) is 1. The van der Waals surface area contributed by atoms with Crippen LogP contribution in [0.3, 0.4) is 0 Å². The average molecular weight is 438 g/mol. The van der Waals surface area contributed by atoms with Crippen LogP contribution < -0.4 is 10.1 Å². The quantitative estimate of drug-likeness (QED) is 0.688. The summed E-state index contributed by atoms with van der Waals surface area (Å²) in [6.45, 7) is -1.83. The number of carbonyl (C=O) groups excluding carboxylic acids is 1. The van der Waals surface area contributed by atoms with Gasteiger partial charge < -0.3 is 10.1 Å². The van der Waals surface area contributed by atoms with E-state index in [0.29, 0.717) is 38.9 Å². The molecule has 1 aliphatic heterocycles. The first kappa shape index (κ1) is 22.2. The van der Waals surface area contributed by atoms with Crippen LogP contribution in [0.15, 0.2) is 59.5 Å². The second kappa shape index (κ2) is 9.99. The summed E-state index contributed by atoms with van der Waals surface area (Å²) in [5.74, 6) is -0.228. The maximum atomic E-state index is 12.7. The lowest BCUT2D eigenvalue weighted by Crippen LogP contribution is -2.43. The van der Waals surface area contributed by atoms with E-state index in [4.69, 9.17) is 0 Å². The predicted molar refractivity (Wildman–Crippen MR) is 108 cm³/mol. The number of rotatable bonds is 8. The van der Waals surface area contributed by atoms with E-state index >= 15 is 0 Å². The third-order valence-corrected chi connectivity index (χ3v) is 6.98. The standard InChI is InChI=1S/C21H24F2N2O4S/c22-21(23)29-18-8-6-16(7-9-18)10-13-24-20(26)17-11-14-25(15-12-17)30(27,28)19-4-2-1-3-5-19/h1-9,17,21H,10-15H2,(H,24,26). The molecule has 1 aliphatic rings. The van der Waals surface area contributed by atoms with Crippen molar-refractivity contribution in [2.24, 2.45) is 5.92 Å². The van der Waals surface area contributed by atoms with E-state index < -0.39 is 16.6 Å². The van der Waals surface area contributed by atoms with Gasteiger partial charge in [-0.25, -0.2) is 8.42 Å². The molecule has 162 valence electrons. The lowest BCUT2D eigenvalue weighted by atomic mass is 9.97. The molecule has 0 aliphatic carbocycles. The fraction of sp³-hybridized carbons (Fsp3) is 0.381. The van der Waals surface area contributed by atoms with Gasteiger partial charge in [0, 0.05) is 25.6 Å². The Morgan fingerprint density at radius 2 is 1.70 bits per heavy atom. The third kappa shape index (κ3) is 5.76. The number of piperidine rings is 1. The van der Waals surface area contributed by atoms with E-state index in [1.807, 2.05) is 0 Å². The second-order valence-electron chi connectivity index (χ2n) is 7.05. The van der Waals surface area contributed by atoms with Crippen molar-refractivity contribution in [3.8, 4) is 5.75 Å². The minimum atomic E-state index is -3.53. The molecule has 1 amide bonds. The second-order valence-corrected chi connectivity index (χ2v) is 8.99. The van der Waals surface area contributed by atoms with Crippen LogP contribution in [0.4, 0.5) is 8.78 Å². The summed E-state index contributed by atoms with van der Waals surface area (Å²) in [4.78, 5) is 12.7. The van der Waals surface area contributed by atoms with Crippen molar-refractivity contribution in [3.63, 3.8) is 0 Å². The maximum Gasteiger partial charge on any atom is 0.387 e. The summed E-state index contributed by atoms with van der Waals surface area (Å²) in [7, 11) is -3.53. The van der Waals surface area contributed by atoms with Crippen molar-refractivity contribution < 1.29 is 26.7 Å². The summed E-state index contributed by atoms with van der Waals surface area (Å²) < 4.78 is 55.3. The number of carbonyl (C=O) groups is 1. The van der Waals surface area contributed by atoms with E-state index in [1.54, 1.807) is 42.5 Å². The molecule has 0 spiro atoms. The number of hydrogen-bond donors (Lipinski definition) is 1. The normalized spacial score (nSPS) is 15.8. The van der Waals surface area contributed by atoms with Gasteiger partial charge in [-0.15, -0.1) is 0 Å². The van der Waals surface area contributed by atoms with Crippen LogP contribution in [0.5, 0.6) is 5.75 Å². The Bertz CT molecular complexity index is 929. The monoisotopic (exact) mass is 438 g/mol. The zero-order valence-electron chi connectivity index (χ0n) is 16.3. The SMILES string of the molecule is O=C(NCCc1ccc(OC(F)F)cc1)C1CCN(S(=O)(=O)c2ccccc2)CC1. The Balaban J connectivity index is 1.43. The molecule has 1 saturated heterocycles. The van der Waals surface area contributed by atoms with E-state index in [-0.39, 0.29) is 22.5 Å². The molecule has 1 fully saturated rings. The predicted octanol–water partition coefficient (Wildman–Crippen LogP) is 3.05. The van der Waals surface area contributed by atoms with E-state index in [2.05, 4.69) is 10.1 Å². The molecule has 0 atom stereocenters. The number of benzene rings is 2. The number of alkyl halides is 2. The minimum Gasteiger partial charge on any atom is -0.435 e. The van der Waals surface area contributed by atoms with Crippen LogP contribution in [0.1, 0.15) is 18.4 Å². The molecule has 0 aromatic heterocycles. The molecule has 0 bridgehead atoms. The fourth-order valence-electron chi connectivity index (χ4n) is 3.41. The van der Waals surface area contributed by atoms with Gasteiger partial charge in [-0.05, 0) is 49.1 Å². The highest BCUT2D eigenvalue weighted by Gasteiger charge is 2.31. The number of nitrogens with zero attached hydrogens (tertiary/aromatic N) is 1. The number of halogens is 2. The minimum absolute atomic E-state index is 0.0926. The molecule has 1 N–H and O–H groups in total. The third-order valence-electron chi connectivity index (χ3n) is 5.07. The Morgan fingerprint density at radius 1 is 1.07 bits per heavy atom. The maximum absolute atomic E-state index is 12.7. The number of ether oxygens (including phenoxy) is 1. The molecule has 30 heavy (non-hydrogen) atoms. The number of amides is 1. The van der Waals surface area contributed by atoms with Crippen LogP contribution in [0.25, 0.3) is 0 Å². The molecule has 0 unspecified atom stereocenters. The molecule has 3 rings (SSSR count). The molecule has 2 aromatic rings. The van der Waals surface area contributed by atoms with Gasteiger partial charge in [0.2, 0.25) is 15.9 Å². The van der Waals surface area contributed by atoms with Gasteiger partial charge in [0.15, 0.2) is 0 Å². The highest BCUT2D eigenvalue weighted by Crippen LogP contribution is 2.24. The molecular formula is C21H24F2N2O4S. The molecule has 9 heteroatoms. The molecule has 0 radical (unpaired) electrons. The summed E-state index contributed by atoms with van der Waals surface area (Å²) in [6.07, 6.45) is 1.50. The van der Waals surface area contributed by atoms with Gasteiger partial charge >= 0.3 is 6.61 Å². The highest BCUT2D eigenvalue weighted by molar-refractivity contribution is 7.89. The topological polar surface area (TPSA) is 75.7 Å². The van der Waals surface area contributed by atoms with Crippen molar-refractivity contribution in [1.29, 1.82) is 0 Å². The number of sulfonamides is 1. The summed E-state index contributed by atoms with van der Waals surface area (Å²) in [6, 6.07) is 14.6. The van der Waals surface area contributed by atoms with Crippen molar-refractivity contribution in [2.45, 2.75) is 30.8 Å². The van der Waals surface area contributed by atoms with Gasteiger partial charge in [0.05, 0.1) is 4.90 Å². The van der Waals surface area contributed by atoms with Crippen LogP contribution in [-0.2, 0) is 21.2 Å². The van der Waals surface area contributed by atoms with Crippen LogP contribution in [0, 0.1) is 5.92 Å². The summed E-state index contributed by atoms with van der Waals surface area (Å²) in [5.41, 5.74) is 0.890. The number of hydrogen-bond acceptors (Lipinski definition) is 4. The van der Waals surface area contributed by atoms with Crippen molar-refractivity contribution in [1.82, 2.24) is 9.62 Å². The van der Waals surface area contributed by atoms with Crippen molar-refractivity contribution >= 4 is 15.9 Å². The lowest BCUT2D eigenvalue weighted by molar-refractivity contribution is -0.126. The van der Waals surface area contributed by atoms with Gasteiger partial charge in [-0.3, -0.25) is 4.79 Å². The average Bonchev–Trinajstić information content (AvgIpc) is 2.75. The van der Waals surface area contributed by atoms with Gasteiger partial charge in [-0.2, -0.15) is 13.1 Å². The largest absolute Gasteiger partial charge is 0.435 e. The summed E-state index contributed by atoms with van der Waals surface area (Å²) in [5, 5.41) is 2.87. The molecule has 0 saturated carbocycles. The van der Waals surface area contributed by atoms with Gasteiger partial charge in [0.25, 0.3) is 0 Å². The van der Waals surface area contributed by atoms with Crippen LogP contribution in [-0.4, -0.2) is 44.9 Å². The molecule has 6 nitrogen and oxygen atoms in total. The zero-order valence-corrected chi connectivity index (χ0v) is 17.2. The first-order chi connectivity index (χ1) is 14.4. The first-order valence-electron chi connectivity index (χ1n) is 9.73. The van der Waals surface area contributed by atoms with Gasteiger partial charge in [0.1, 0.15) is 5.75 Å². The van der Waals surface area contributed by atoms with E-state index in [1.165, 1.54) is 16.4 Å². The molecule has 2 aromatic carbocycles. The fourth-order valence-corrected chi connectivity index (χ4v) is 4.90. The van der Waals surface area contributed by atoms with Crippen molar-refractivity contribution in [3.05, 3.63) is 60.2 Å². The van der Waals surface area contributed by atoms with Crippen molar-refractivity contribution in [2.75, 3.05) is 19.6 Å². The zero-order chi connectivity index (χ0) is 21.6. The Hall–Kier alpha value is -2.52. The van der Waals surface area contributed by atoms with E-state index in [0.717, 1.165) is 5.56 Å². The van der Waals surface area contributed by atoms with Gasteiger partial charge in [-0.1, -0.05) is 30.3 Å². The smallest absolute Gasteiger partial charge is 0.387 e. The van der Waals surface area contributed by atoms with E-state index in [9.17, 15) is 22.0 Å². The Kier molecular flexibility index (Phi) is 7.38. The molecular weight excluding hydrogens is 414 g/mol. The summed E-state index contributed by atoms with van der Waals surface area (Å²) >= 11 is 0. The first-order valence-corrected chi connectivity index (χ1v) is 11.2. The van der Waals surface area contributed by atoms with Crippen LogP contribution >= 0.6 is 0 Å².